The highest BCUT2D eigenvalue weighted by molar-refractivity contribution is 8.01. The summed E-state index contributed by atoms with van der Waals surface area (Å²) in [6.45, 7) is 6.67. The number of carboxylic acids is 1. The Hall–Kier alpha value is -2.81. The smallest absolute Gasteiger partial charge is 0.327 e. The second-order valence-corrected chi connectivity index (χ2v) is 9.78. The largest absolute Gasteiger partial charge is 0.480 e. The maximum Gasteiger partial charge on any atom is 0.327 e. The highest BCUT2D eigenvalue weighted by Crippen LogP contribution is 2.50. The van der Waals surface area contributed by atoms with Crippen LogP contribution in [0, 0.1) is 0 Å². The molecule has 1 aromatic rings. The van der Waals surface area contributed by atoms with E-state index in [9.17, 15) is 24.3 Å². The van der Waals surface area contributed by atoms with Crippen molar-refractivity contribution in [2.24, 2.45) is 0 Å². The van der Waals surface area contributed by atoms with Crippen LogP contribution < -0.4 is 10.6 Å². The third-order valence-electron chi connectivity index (χ3n) is 5.16. The topological polar surface area (TPSA) is 116 Å². The molecule has 2 unspecified atom stereocenters. The van der Waals surface area contributed by atoms with Gasteiger partial charge in [-0.05, 0) is 39.3 Å². The normalized spacial score (nSPS) is 25.7. The van der Waals surface area contributed by atoms with E-state index in [2.05, 4.69) is 10.6 Å². The van der Waals surface area contributed by atoms with Gasteiger partial charge in [-0.1, -0.05) is 30.3 Å². The number of carbonyl (C=O) groups is 4. The molecule has 160 valence electrons. The number of ketones is 1. The molecule has 2 saturated heterocycles. The zero-order chi connectivity index (χ0) is 22.2. The Balaban J connectivity index is 1.79. The summed E-state index contributed by atoms with van der Waals surface area (Å²) in [7, 11) is 0. The van der Waals surface area contributed by atoms with Gasteiger partial charge >= 0.3 is 5.97 Å². The van der Waals surface area contributed by atoms with Crippen molar-refractivity contribution in [1.29, 1.82) is 0 Å². The number of hydrogen-bond donors (Lipinski definition) is 3. The van der Waals surface area contributed by atoms with Crippen LogP contribution in [0.4, 0.5) is 0 Å². The number of hydrogen-bond acceptors (Lipinski definition) is 6. The van der Waals surface area contributed by atoms with Gasteiger partial charge in [0.25, 0.3) is 0 Å². The summed E-state index contributed by atoms with van der Waals surface area (Å²) in [6, 6.07) is 6.44. The van der Waals surface area contributed by atoms with Crippen LogP contribution in [-0.2, 0) is 19.2 Å². The number of amides is 2. The quantitative estimate of drug-likeness (QED) is 0.442. The summed E-state index contributed by atoms with van der Waals surface area (Å²) in [5.74, 6) is -2.03. The molecule has 9 heteroatoms. The summed E-state index contributed by atoms with van der Waals surface area (Å²) >= 11 is 1.37. The predicted octanol–water partition coefficient (Wildman–Crippen LogP) is 1.44. The van der Waals surface area contributed by atoms with Crippen LogP contribution >= 0.6 is 11.8 Å². The Morgan fingerprint density at radius 2 is 1.83 bits per heavy atom. The van der Waals surface area contributed by atoms with E-state index in [1.54, 1.807) is 45.0 Å². The van der Waals surface area contributed by atoms with E-state index in [1.165, 1.54) is 29.7 Å². The Labute approximate surface area is 179 Å². The van der Waals surface area contributed by atoms with Crippen molar-refractivity contribution < 1.29 is 24.3 Å². The van der Waals surface area contributed by atoms with Crippen molar-refractivity contribution in [2.75, 3.05) is 0 Å². The van der Waals surface area contributed by atoms with Crippen LogP contribution in [-0.4, -0.2) is 55.8 Å². The van der Waals surface area contributed by atoms with Crippen molar-refractivity contribution in [2.45, 2.75) is 55.9 Å². The summed E-state index contributed by atoms with van der Waals surface area (Å²) in [6.07, 6.45) is 1.40. The van der Waals surface area contributed by atoms with Crippen molar-refractivity contribution in [1.82, 2.24) is 15.5 Å². The number of fused-ring (bicyclic) bond motifs is 1. The van der Waals surface area contributed by atoms with Gasteiger partial charge in [0.15, 0.2) is 5.78 Å². The highest BCUT2D eigenvalue weighted by Gasteiger charge is 2.64. The predicted molar refractivity (Wildman–Crippen MR) is 112 cm³/mol. The van der Waals surface area contributed by atoms with Crippen LogP contribution in [0.3, 0.4) is 0 Å². The van der Waals surface area contributed by atoms with Gasteiger partial charge in [0, 0.05) is 10.4 Å². The van der Waals surface area contributed by atoms with Gasteiger partial charge in [0.1, 0.15) is 23.5 Å². The molecule has 0 spiro atoms. The van der Waals surface area contributed by atoms with Gasteiger partial charge in [-0.3, -0.25) is 14.4 Å². The van der Waals surface area contributed by atoms with E-state index < -0.39 is 46.0 Å². The second-order valence-electron chi connectivity index (χ2n) is 8.01. The molecule has 0 saturated carbocycles. The molecule has 0 aliphatic carbocycles. The molecule has 3 rings (SSSR count). The average Bonchev–Trinajstić information content (AvgIpc) is 2.92. The number of carboxylic acid groups (broad SMARTS) is 1. The van der Waals surface area contributed by atoms with Gasteiger partial charge in [0.2, 0.25) is 11.8 Å². The number of benzene rings is 1. The number of nitrogens with one attached hydrogen (secondary N) is 2. The molecule has 1 aromatic carbocycles. The van der Waals surface area contributed by atoms with Crippen LogP contribution in [0.5, 0.6) is 0 Å². The molecule has 30 heavy (non-hydrogen) atoms. The number of thioether (sulfide) groups is 1. The first-order chi connectivity index (χ1) is 14.0. The van der Waals surface area contributed by atoms with E-state index >= 15 is 0 Å². The molecule has 0 radical (unpaired) electrons. The van der Waals surface area contributed by atoms with Crippen LogP contribution in [0.1, 0.15) is 39.3 Å². The Kier molecular flexibility index (Phi) is 5.94. The van der Waals surface area contributed by atoms with E-state index in [0.717, 1.165) is 0 Å². The summed E-state index contributed by atoms with van der Waals surface area (Å²) < 4.78 is -0.663. The number of carbonyl (C=O) groups excluding carboxylic acids is 3. The summed E-state index contributed by atoms with van der Waals surface area (Å²) in [5, 5.41) is 14.9. The fourth-order valence-corrected chi connectivity index (χ4v) is 5.53. The van der Waals surface area contributed by atoms with Gasteiger partial charge in [-0.25, -0.2) is 4.79 Å². The lowest BCUT2D eigenvalue weighted by Crippen LogP contribution is -2.71. The number of nitrogens with zero attached hydrogens (tertiary/aromatic N) is 1. The monoisotopic (exact) mass is 431 g/mol. The SMILES string of the molecule is CC(=O)/C=C(\C)NC(C(=O)NC1C(=O)N2[C@@H]1SC(C)(C)[C@@H]2C(=O)O)c1ccccc1. The Morgan fingerprint density at radius 1 is 1.20 bits per heavy atom. The maximum absolute atomic E-state index is 13.1. The van der Waals surface area contributed by atoms with Crippen LogP contribution in [0.2, 0.25) is 0 Å². The molecular formula is C21H25N3O5S. The molecule has 8 nitrogen and oxygen atoms in total. The minimum absolute atomic E-state index is 0.152. The molecule has 2 fully saturated rings. The molecule has 0 bridgehead atoms. The third kappa shape index (κ3) is 4.07. The standard InChI is InChI=1S/C21H25N3O5S/c1-11(10-12(2)25)22-14(13-8-6-5-7-9-13)17(26)23-15-18(27)24-16(20(28)29)21(3,4)30-19(15)24/h5-10,14-16,19,22H,1-4H3,(H,23,26)(H,28,29)/b11-10+/t14?,15?,16-,19+/m0/s1. The van der Waals surface area contributed by atoms with E-state index in [1.807, 2.05) is 6.07 Å². The molecule has 2 heterocycles. The molecular weight excluding hydrogens is 406 g/mol. The lowest BCUT2D eigenvalue weighted by molar-refractivity contribution is -0.161. The van der Waals surface area contributed by atoms with Crippen molar-refractivity contribution in [3.05, 3.63) is 47.7 Å². The number of aliphatic carboxylic acids is 1. The molecule has 2 amide bonds. The fraction of sp³-hybridized carbons (Fsp3) is 0.429. The number of allylic oxidation sites excluding steroid dienone is 2. The van der Waals surface area contributed by atoms with Crippen LogP contribution in [0.15, 0.2) is 42.1 Å². The van der Waals surface area contributed by atoms with E-state index in [-0.39, 0.29) is 5.78 Å². The number of rotatable bonds is 7. The lowest BCUT2D eigenvalue weighted by Gasteiger charge is -2.44. The zero-order valence-electron chi connectivity index (χ0n) is 17.2. The first kappa shape index (κ1) is 21.9. The van der Waals surface area contributed by atoms with Gasteiger partial charge in [-0.2, -0.15) is 0 Å². The van der Waals surface area contributed by atoms with Gasteiger partial charge < -0.3 is 20.6 Å². The maximum atomic E-state index is 13.1. The minimum Gasteiger partial charge on any atom is -0.480 e. The molecule has 4 atom stereocenters. The summed E-state index contributed by atoms with van der Waals surface area (Å²) in [5.41, 5.74) is 1.20. The molecule has 2 aliphatic heterocycles. The lowest BCUT2D eigenvalue weighted by atomic mass is 9.95. The molecule has 3 N–H and O–H groups in total. The average molecular weight is 432 g/mol. The molecule has 2 aliphatic rings. The first-order valence-electron chi connectivity index (χ1n) is 9.56. The second kappa shape index (κ2) is 8.14. The van der Waals surface area contributed by atoms with E-state index in [4.69, 9.17) is 0 Å². The Bertz CT molecular complexity index is 914. The van der Waals surface area contributed by atoms with Crippen LogP contribution in [0.25, 0.3) is 0 Å². The fourth-order valence-electron chi connectivity index (χ4n) is 3.90. The van der Waals surface area contributed by atoms with E-state index in [0.29, 0.717) is 11.3 Å². The Morgan fingerprint density at radius 3 is 2.40 bits per heavy atom. The van der Waals surface area contributed by atoms with Crippen molar-refractivity contribution in [3.63, 3.8) is 0 Å². The van der Waals surface area contributed by atoms with Gasteiger partial charge in [-0.15, -0.1) is 11.8 Å². The highest BCUT2D eigenvalue weighted by atomic mass is 32.2. The summed E-state index contributed by atoms with van der Waals surface area (Å²) in [4.78, 5) is 50.1. The van der Waals surface area contributed by atoms with Crippen molar-refractivity contribution in [3.8, 4) is 0 Å². The zero-order valence-corrected chi connectivity index (χ0v) is 18.0. The third-order valence-corrected chi connectivity index (χ3v) is 6.73. The number of β-lactam (4-membered cyclic amide) rings is 1. The van der Waals surface area contributed by atoms with Crippen molar-refractivity contribution >= 4 is 35.3 Å². The molecule has 0 aromatic heterocycles. The van der Waals surface area contributed by atoms with Gasteiger partial charge in [0.05, 0.1) is 0 Å². The minimum atomic E-state index is -1.05. The first-order valence-corrected chi connectivity index (χ1v) is 10.4.